The number of nitrogens with zero attached hydrogens (tertiary/aromatic N) is 3. The van der Waals surface area contributed by atoms with Crippen molar-refractivity contribution in [1.82, 2.24) is 4.90 Å². The number of hydrogen-bond donors (Lipinski definition) is 2. The van der Waals surface area contributed by atoms with Crippen LogP contribution in [0.2, 0.25) is 0 Å². The molecule has 2 aromatic carbocycles. The van der Waals surface area contributed by atoms with Crippen LogP contribution in [0.3, 0.4) is 0 Å². The molecular formula is C24H31N3O5. The van der Waals surface area contributed by atoms with Crippen molar-refractivity contribution in [2.24, 2.45) is 0 Å². The molecule has 0 spiro atoms. The molecular weight excluding hydrogens is 410 g/mol. The minimum absolute atomic E-state index is 0.0610. The minimum Gasteiger partial charge on any atom is -0.473 e. The highest BCUT2D eigenvalue weighted by atomic mass is 16.4. The van der Waals surface area contributed by atoms with Crippen molar-refractivity contribution in [2.75, 3.05) is 22.9 Å². The fourth-order valence-electron chi connectivity index (χ4n) is 4.09. The van der Waals surface area contributed by atoms with E-state index in [1.807, 2.05) is 41.3 Å². The number of carbonyl (C=O) groups excluding carboxylic acids is 1. The molecule has 8 nitrogen and oxygen atoms in total. The van der Waals surface area contributed by atoms with Gasteiger partial charge < -0.3 is 15.1 Å². The van der Waals surface area contributed by atoms with Gasteiger partial charge in [0.25, 0.3) is 5.91 Å². The van der Waals surface area contributed by atoms with Crippen LogP contribution in [0.5, 0.6) is 0 Å². The van der Waals surface area contributed by atoms with Gasteiger partial charge >= 0.3 is 11.9 Å². The van der Waals surface area contributed by atoms with Gasteiger partial charge in [0.2, 0.25) is 0 Å². The first-order valence-corrected chi connectivity index (χ1v) is 10.6. The molecule has 3 rings (SSSR count). The van der Waals surface area contributed by atoms with E-state index in [1.54, 1.807) is 0 Å². The number of para-hydroxylation sites is 2. The van der Waals surface area contributed by atoms with Crippen molar-refractivity contribution in [3.05, 3.63) is 59.7 Å². The van der Waals surface area contributed by atoms with Crippen LogP contribution in [-0.4, -0.2) is 58.4 Å². The maximum Gasteiger partial charge on any atom is 0.414 e. The first-order valence-electron chi connectivity index (χ1n) is 10.6. The molecule has 0 bridgehead atoms. The third kappa shape index (κ3) is 5.08. The van der Waals surface area contributed by atoms with Gasteiger partial charge in [-0.1, -0.05) is 44.2 Å². The molecule has 1 aliphatic heterocycles. The molecule has 0 aromatic heterocycles. The van der Waals surface area contributed by atoms with Gasteiger partial charge in [-0.2, -0.15) is 0 Å². The number of carboxylic acid groups (broad SMARTS) is 2. The lowest BCUT2D eigenvalue weighted by Crippen LogP contribution is -2.60. The Kier molecular flexibility index (Phi) is 8.37. The topological polar surface area (TPSA) is 101 Å². The molecule has 172 valence electrons. The number of hydrogen-bond acceptors (Lipinski definition) is 5. The van der Waals surface area contributed by atoms with Gasteiger partial charge in [-0.15, -0.1) is 0 Å². The van der Waals surface area contributed by atoms with E-state index in [2.05, 4.69) is 56.6 Å². The van der Waals surface area contributed by atoms with E-state index in [0.717, 1.165) is 35.6 Å². The Morgan fingerprint density at radius 2 is 1.47 bits per heavy atom. The summed E-state index contributed by atoms with van der Waals surface area (Å²) in [4.78, 5) is 38.3. The summed E-state index contributed by atoms with van der Waals surface area (Å²) in [7, 11) is 0. The Hall–Kier alpha value is -3.39. The number of aryl methyl sites for hydroxylation is 1. The number of amides is 1. The van der Waals surface area contributed by atoms with Crippen LogP contribution >= 0.6 is 0 Å². The van der Waals surface area contributed by atoms with Gasteiger partial charge in [-0.3, -0.25) is 14.6 Å². The average molecular weight is 442 g/mol. The van der Waals surface area contributed by atoms with Crippen LogP contribution in [0.4, 0.5) is 11.4 Å². The van der Waals surface area contributed by atoms with Gasteiger partial charge in [0.15, 0.2) is 0 Å². The van der Waals surface area contributed by atoms with Gasteiger partial charge in [0.05, 0.1) is 17.4 Å². The van der Waals surface area contributed by atoms with E-state index in [4.69, 9.17) is 19.8 Å². The van der Waals surface area contributed by atoms with Gasteiger partial charge in [0.1, 0.15) is 6.17 Å². The minimum atomic E-state index is -1.82. The lowest BCUT2D eigenvalue weighted by molar-refractivity contribution is -0.159. The predicted molar refractivity (Wildman–Crippen MR) is 124 cm³/mol. The highest BCUT2D eigenvalue weighted by molar-refractivity contribution is 6.27. The highest BCUT2D eigenvalue weighted by Crippen LogP contribution is 2.36. The van der Waals surface area contributed by atoms with Crippen LogP contribution in [-0.2, 0) is 9.59 Å². The molecule has 1 aliphatic rings. The second-order valence-corrected chi connectivity index (χ2v) is 7.48. The Morgan fingerprint density at radius 1 is 0.969 bits per heavy atom. The van der Waals surface area contributed by atoms with Crippen LogP contribution in [0, 0.1) is 6.92 Å². The monoisotopic (exact) mass is 441 g/mol. The van der Waals surface area contributed by atoms with Gasteiger partial charge in [-0.25, -0.2) is 9.59 Å². The van der Waals surface area contributed by atoms with Crippen molar-refractivity contribution in [3.63, 3.8) is 0 Å². The first-order chi connectivity index (χ1) is 15.1. The van der Waals surface area contributed by atoms with Crippen molar-refractivity contribution >= 4 is 29.2 Å². The number of carbonyl (C=O) groups is 3. The number of rotatable bonds is 5. The third-order valence-electron chi connectivity index (χ3n) is 5.71. The van der Waals surface area contributed by atoms with Crippen molar-refractivity contribution in [1.29, 1.82) is 0 Å². The summed E-state index contributed by atoms with van der Waals surface area (Å²) in [6, 6.07) is 16.1. The molecule has 0 saturated carbocycles. The van der Waals surface area contributed by atoms with E-state index >= 15 is 0 Å². The van der Waals surface area contributed by atoms with E-state index < -0.39 is 11.9 Å². The predicted octanol–water partition coefficient (Wildman–Crippen LogP) is 3.65. The van der Waals surface area contributed by atoms with Crippen LogP contribution < -0.4 is 9.80 Å². The zero-order chi connectivity index (χ0) is 24.0. The maximum atomic E-state index is 13.3. The van der Waals surface area contributed by atoms with E-state index in [0.29, 0.717) is 0 Å². The lowest BCUT2D eigenvalue weighted by Gasteiger charge is -2.49. The lowest BCUT2D eigenvalue weighted by atomic mass is 10.0. The largest absolute Gasteiger partial charge is 0.473 e. The molecule has 32 heavy (non-hydrogen) atoms. The summed E-state index contributed by atoms with van der Waals surface area (Å²) in [6.07, 6.45) is 0.134. The summed E-state index contributed by atoms with van der Waals surface area (Å²) in [6.45, 7) is 12.7. The maximum absolute atomic E-state index is 13.3. The Balaban J connectivity index is 0.000000534. The number of aliphatic carboxylic acids is 2. The molecule has 2 aromatic rings. The number of fused-ring (bicyclic) bond motifs is 1. The molecule has 8 heteroatoms. The van der Waals surface area contributed by atoms with Crippen molar-refractivity contribution in [2.45, 2.75) is 47.0 Å². The Morgan fingerprint density at radius 3 is 1.97 bits per heavy atom. The van der Waals surface area contributed by atoms with Crippen LogP contribution in [0.25, 0.3) is 0 Å². The highest BCUT2D eigenvalue weighted by Gasteiger charge is 2.39. The molecule has 2 unspecified atom stereocenters. The second kappa shape index (κ2) is 10.8. The second-order valence-electron chi connectivity index (χ2n) is 7.48. The van der Waals surface area contributed by atoms with Crippen molar-refractivity contribution < 1.29 is 24.6 Å². The van der Waals surface area contributed by atoms with Crippen LogP contribution in [0.15, 0.2) is 48.5 Å². The zero-order valence-corrected chi connectivity index (χ0v) is 19.1. The number of anilines is 2. The first kappa shape index (κ1) is 24.9. The standard InChI is InChI=1S/C22H29N3O.C2H2O4/c1-6-23(7-2)17(4)24-18(5)25(20-14-10-8-12-16(20)3)22(26)19-13-9-11-15-21(19)24;3-1(4)2(5)6/h8-15,17-18H,6-7H2,1-5H3;(H,3,4)(H,5,6). The zero-order valence-electron chi connectivity index (χ0n) is 19.1. The molecule has 2 N–H and O–H groups in total. The van der Waals surface area contributed by atoms with E-state index in [1.165, 1.54) is 0 Å². The van der Waals surface area contributed by atoms with Crippen molar-refractivity contribution in [3.8, 4) is 0 Å². The third-order valence-corrected chi connectivity index (χ3v) is 5.71. The molecule has 0 saturated heterocycles. The summed E-state index contributed by atoms with van der Waals surface area (Å²) in [5.74, 6) is -3.57. The fraction of sp³-hybridized carbons (Fsp3) is 0.375. The SMILES string of the molecule is CCN(CC)C(C)N1c2ccccc2C(=O)N(c2ccccc2C)C1C.O=C(O)C(=O)O. The molecule has 1 heterocycles. The number of benzene rings is 2. The van der Waals surface area contributed by atoms with Gasteiger partial charge in [0, 0.05) is 5.69 Å². The van der Waals surface area contributed by atoms with E-state index in [-0.39, 0.29) is 18.2 Å². The molecule has 0 fully saturated rings. The summed E-state index contributed by atoms with van der Waals surface area (Å²) < 4.78 is 0. The average Bonchev–Trinajstić information content (AvgIpc) is 2.76. The Bertz CT molecular complexity index is 962. The molecule has 0 aliphatic carbocycles. The summed E-state index contributed by atoms with van der Waals surface area (Å²) >= 11 is 0. The molecule has 1 amide bonds. The van der Waals surface area contributed by atoms with Crippen LogP contribution in [0.1, 0.15) is 43.6 Å². The summed E-state index contributed by atoms with van der Waals surface area (Å²) in [5, 5.41) is 14.8. The van der Waals surface area contributed by atoms with Gasteiger partial charge in [-0.05, 0) is 57.6 Å². The fourth-order valence-corrected chi connectivity index (χ4v) is 4.09. The molecule has 2 atom stereocenters. The smallest absolute Gasteiger partial charge is 0.414 e. The Labute approximate surface area is 188 Å². The quantitative estimate of drug-likeness (QED) is 0.683. The van der Waals surface area contributed by atoms with E-state index in [9.17, 15) is 4.79 Å². The normalized spacial score (nSPS) is 16.2. The molecule has 0 radical (unpaired) electrons. The summed E-state index contributed by atoms with van der Waals surface area (Å²) in [5.41, 5.74) is 3.89. The number of carboxylic acids is 2.